The van der Waals surface area contributed by atoms with E-state index in [1.54, 1.807) is 0 Å². The molecule has 1 heterocycles. The van der Waals surface area contributed by atoms with Gasteiger partial charge in [0, 0.05) is 6.61 Å². The summed E-state index contributed by atoms with van der Waals surface area (Å²) in [6, 6.07) is 9.66. The molecule has 0 saturated heterocycles. The van der Waals surface area contributed by atoms with Gasteiger partial charge in [-0.25, -0.2) is 4.79 Å². The summed E-state index contributed by atoms with van der Waals surface area (Å²) in [5.74, 6) is 0.0701. The van der Waals surface area contributed by atoms with Gasteiger partial charge in [-0.15, -0.1) is 0 Å². The van der Waals surface area contributed by atoms with E-state index in [1.807, 2.05) is 76.1 Å². The maximum atomic E-state index is 12.9. The first-order chi connectivity index (χ1) is 14.1. The highest BCUT2D eigenvalue weighted by molar-refractivity contribution is 5.92. The largest absolute Gasteiger partial charge is 0.457 e. The van der Waals surface area contributed by atoms with E-state index >= 15 is 0 Å². The molecule has 168 valence electrons. The second-order valence-corrected chi connectivity index (χ2v) is 9.03. The van der Waals surface area contributed by atoms with Crippen LogP contribution < -0.4 is 0 Å². The summed E-state index contributed by atoms with van der Waals surface area (Å²) in [5.41, 5.74) is 0.391. The van der Waals surface area contributed by atoms with Crippen molar-refractivity contribution in [2.45, 2.75) is 72.4 Å². The molecule has 30 heavy (non-hydrogen) atoms. The molecular formula is C24H37NO5. The van der Waals surface area contributed by atoms with Crippen LogP contribution in [0.1, 0.15) is 54.0 Å². The molecule has 1 aromatic rings. The third kappa shape index (κ3) is 6.38. The van der Waals surface area contributed by atoms with Gasteiger partial charge in [-0.3, -0.25) is 4.84 Å². The van der Waals surface area contributed by atoms with E-state index in [4.69, 9.17) is 19.0 Å². The Hall–Kier alpha value is -1.73. The molecule has 1 aromatic carbocycles. The average molecular weight is 420 g/mol. The molecule has 0 spiro atoms. The number of carbonyl (C=O) groups is 1. The van der Waals surface area contributed by atoms with E-state index < -0.39 is 17.4 Å². The van der Waals surface area contributed by atoms with Gasteiger partial charge in [0.2, 0.25) is 0 Å². The van der Waals surface area contributed by atoms with Crippen LogP contribution >= 0.6 is 0 Å². The molecule has 0 radical (unpaired) electrons. The lowest BCUT2D eigenvalue weighted by Crippen LogP contribution is -2.52. The van der Waals surface area contributed by atoms with Crippen LogP contribution in [-0.4, -0.2) is 48.2 Å². The number of hydrogen-bond donors (Lipinski definition) is 0. The molecule has 6 nitrogen and oxygen atoms in total. The minimum atomic E-state index is -0.661. The topological polar surface area (TPSA) is 57.2 Å². The van der Waals surface area contributed by atoms with Crippen molar-refractivity contribution in [3.63, 3.8) is 0 Å². The van der Waals surface area contributed by atoms with Gasteiger partial charge in [0.05, 0.1) is 23.3 Å². The van der Waals surface area contributed by atoms with Gasteiger partial charge in [-0.2, -0.15) is 5.06 Å². The first-order valence-corrected chi connectivity index (χ1v) is 10.7. The second-order valence-electron chi connectivity index (χ2n) is 9.03. The zero-order valence-electron chi connectivity index (χ0n) is 19.4. The summed E-state index contributed by atoms with van der Waals surface area (Å²) < 4.78 is 17.1. The number of nitrogens with zero attached hydrogens (tertiary/aromatic N) is 1. The predicted octanol–water partition coefficient (Wildman–Crippen LogP) is 4.50. The van der Waals surface area contributed by atoms with Gasteiger partial charge in [0.1, 0.15) is 13.2 Å². The molecule has 0 amide bonds. The highest BCUT2D eigenvalue weighted by Crippen LogP contribution is 2.41. The standard InChI is InChI=1S/C24H37NO5/c1-8-27-21(28-15-18(2)3)17-30-25-23(4,5)14-20(24(25,6)7)22(26)29-16-19-12-10-9-11-13-19/h9-14,18,21H,8,15-17H2,1-7H3. The molecule has 1 aliphatic rings. The number of hydrogen-bond acceptors (Lipinski definition) is 6. The SMILES string of the molecule is CCOC(CON1C(C)(C)C=C(C(=O)OCc2ccccc2)C1(C)C)OCC(C)C. The molecule has 2 rings (SSSR count). The summed E-state index contributed by atoms with van der Waals surface area (Å²) in [7, 11) is 0. The Bertz CT molecular complexity index is 712. The molecule has 0 N–H and O–H groups in total. The maximum Gasteiger partial charge on any atom is 0.336 e. The van der Waals surface area contributed by atoms with E-state index in [2.05, 4.69) is 13.8 Å². The van der Waals surface area contributed by atoms with E-state index in [1.165, 1.54) is 0 Å². The first kappa shape index (κ1) is 24.5. The molecule has 1 atom stereocenters. The van der Waals surface area contributed by atoms with E-state index in [9.17, 15) is 4.79 Å². The molecule has 0 aliphatic carbocycles. The van der Waals surface area contributed by atoms with Crippen molar-refractivity contribution in [3.8, 4) is 0 Å². The number of rotatable bonds is 11. The molecule has 1 unspecified atom stereocenters. The van der Waals surface area contributed by atoms with Crippen molar-refractivity contribution in [2.75, 3.05) is 19.8 Å². The molecule has 1 aliphatic heterocycles. The molecule has 0 fully saturated rings. The third-order valence-corrected chi connectivity index (χ3v) is 4.93. The number of hydroxylamine groups is 2. The Morgan fingerprint density at radius 2 is 1.70 bits per heavy atom. The average Bonchev–Trinajstić information content (AvgIpc) is 2.87. The lowest BCUT2D eigenvalue weighted by Gasteiger charge is -2.40. The number of ether oxygens (including phenoxy) is 3. The maximum absolute atomic E-state index is 12.9. The van der Waals surface area contributed by atoms with Crippen LogP contribution in [0.2, 0.25) is 0 Å². The predicted molar refractivity (Wildman–Crippen MR) is 116 cm³/mol. The van der Waals surface area contributed by atoms with Crippen LogP contribution in [0.25, 0.3) is 0 Å². The summed E-state index contributed by atoms with van der Waals surface area (Å²) in [4.78, 5) is 19.0. The van der Waals surface area contributed by atoms with Crippen LogP contribution in [0.15, 0.2) is 42.0 Å². The van der Waals surface area contributed by atoms with Crippen LogP contribution in [0.4, 0.5) is 0 Å². The van der Waals surface area contributed by atoms with E-state index in [-0.39, 0.29) is 19.2 Å². The summed E-state index contributed by atoms with van der Waals surface area (Å²) in [6.07, 6.45) is 1.46. The van der Waals surface area contributed by atoms with Gasteiger partial charge < -0.3 is 14.2 Å². The monoisotopic (exact) mass is 419 g/mol. The first-order valence-electron chi connectivity index (χ1n) is 10.7. The number of benzene rings is 1. The second kappa shape index (κ2) is 10.5. The smallest absolute Gasteiger partial charge is 0.336 e. The molecule has 0 aromatic heterocycles. The Labute approximate surface area is 181 Å². The number of esters is 1. The highest BCUT2D eigenvalue weighted by atomic mass is 16.7. The van der Waals surface area contributed by atoms with Crippen LogP contribution in [0.5, 0.6) is 0 Å². The van der Waals surface area contributed by atoms with E-state index in [0.717, 1.165) is 5.56 Å². The van der Waals surface area contributed by atoms with Gasteiger partial charge in [0.25, 0.3) is 0 Å². The lowest BCUT2D eigenvalue weighted by molar-refractivity contribution is -0.280. The fourth-order valence-corrected chi connectivity index (χ4v) is 3.62. The summed E-state index contributed by atoms with van der Waals surface area (Å²) >= 11 is 0. The highest BCUT2D eigenvalue weighted by Gasteiger charge is 2.50. The Morgan fingerprint density at radius 3 is 2.30 bits per heavy atom. The Balaban J connectivity index is 2.03. The normalized spacial score (nSPS) is 19.0. The van der Waals surface area contributed by atoms with Gasteiger partial charge in [0.15, 0.2) is 6.29 Å². The van der Waals surface area contributed by atoms with Gasteiger partial charge in [-0.1, -0.05) is 50.3 Å². The van der Waals surface area contributed by atoms with Crippen molar-refractivity contribution >= 4 is 5.97 Å². The van der Waals surface area contributed by atoms with Crippen LogP contribution in [-0.2, 0) is 30.4 Å². The van der Waals surface area contributed by atoms with Crippen molar-refractivity contribution in [1.29, 1.82) is 0 Å². The third-order valence-electron chi connectivity index (χ3n) is 4.93. The minimum Gasteiger partial charge on any atom is -0.457 e. The molecule has 6 heteroatoms. The lowest BCUT2D eigenvalue weighted by atomic mass is 9.97. The summed E-state index contributed by atoms with van der Waals surface area (Å²) in [6.45, 7) is 15.7. The molecular weight excluding hydrogens is 382 g/mol. The number of carbonyl (C=O) groups excluding carboxylic acids is 1. The van der Waals surface area contributed by atoms with Crippen molar-refractivity contribution in [1.82, 2.24) is 5.06 Å². The van der Waals surface area contributed by atoms with Gasteiger partial charge >= 0.3 is 5.97 Å². The Morgan fingerprint density at radius 1 is 1.03 bits per heavy atom. The Kier molecular flexibility index (Phi) is 8.62. The van der Waals surface area contributed by atoms with Crippen molar-refractivity contribution in [3.05, 3.63) is 47.5 Å². The fraction of sp³-hybridized carbons (Fsp3) is 0.625. The van der Waals surface area contributed by atoms with Crippen LogP contribution in [0, 0.1) is 5.92 Å². The van der Waals surface area contributed by atoms with Crippen molar-refractivity contribution in [2.24, 2.45) is 5.92 Å². The zero-order chi connectivity index (χ0) is 22.4. The quantitative estimate of drug-likeness (QED) is 0.389. The zero-order valence-corrected chi connectivity index (χ0v) is 19.4. The van der Waals surface area contributed by atoms with Crippen LogP contribution in [0.3, 0.4) is 0 Å². The van der Waals surface area contributed by atoms with Gasteiger partial charge in [-0.05, 0) is 46.1 Å². The molecule has 0 bridgehead atoms. The molecule has 0 saturated carbocycles. The van der Waals surface area contributed by atoms with E-state index in [0.29, 0.717) is 24.7 Å². The van der Waals surface area contributed by atoms with Crippen molar-refractivity contribution < 1.29 is 23.8 Å². The fourth-order valence-electron chi connectivity index (χ4n) is 3.62. The minimum absolute atomic E-state index is 0.240. The summed E-state index contributed by atoms with van der Waals surface area (Å²) in [5, 5.41) is 1.84.